The summed E-state index contributed by atoms with van der Waals surface area (Å²) in [4.78, 5) is 28.7. The Bertz CT molecular complexity index is 1610. The highest BCUT2D eigenvalue weighted by atomic mass is 35.5. The Balaban J connectivity index is 1.75. The van der Waals surface area contributed by atoms with Gasteiger partial charge in [0.05, 0.1) is 29.2 Å². The van der Waals surface area contributed by atoms with Gasteiger partial charge in [-0.2, -0.15) is 5.01 Å². The predicted molar refractivity (Wildman–Crippen MR) is 151 cm³/mol. The van der Waals surface area contributed by atoms with Gasteiger partial charge in [-0.1, -0.05) is 54.1 Å². The Labute approximate surface area is 248 Å². The van der Waals surface area contributed by atoms with Crippen molar-refractivity contribution < 1.29 is 37.3 Å². The molecule has 0 aromatic heterocycles. The molecule has 1 heterocycles. The highest BCUT2D eigenvalue weighted by Crippen LogP contribution is 2.59. The van der Waals surface area contributed by atoms with Crippen molar-refractivity contribution in [3.05, 3.63) is 106 Å². The molecule has 1 aliphatic carbocycles. The van der Waals surface area contributed by atoms with Gasteiger partial charge in [-0.15, -0.1) is 13.2 Å². The zero-order chi connectivity index (χ0) is 30.4. The van der Waals surface area contributed by atoms with E-state index in [9.17, 15) is 27.9 Å². The molecular formula is C30H23Cl2F3N2O5. The van der Waals surface area contributed by atoms with Gasteiger partial charge in [0.2, 0.25) is 0 Å². The lowest BCUT2D eigenvalue weighted by atomic mass is 9.56. The van der Waals surface area contributed by atoms with Crippen molar-refractivity contribution in [2.75, 3.05) is 12.5 Å². The molecule has 7 nitrogen and oxygen atoms in total. The number of phenolic OH excluding ortho intramolecular Hbond substituents is 1. The van der Waals surface area contributed by atoms with Crippen molar-refractivity contribution in [1.82, 2.24) is 5.01 Å². The quantitative estimate of drug-likeness (QED) is 0.273. The van der Waals surface area contributed by atoms with E-state index in [2.05, 4.69) is 16.7 Å². The van der Waals surface area contributed by atoms with Crippen molar-refractivity contribution >= 4 is 40.7 Å². The number of phenols is 1. The third-order valence-corrected chi connectivity index (χ3v) is 8.06. The van der Waals surface area contributed by atoms with Crippen LogP contribution in [0.2, 0.25) is 10.0 Å². The van der Waals surface area contributed by atoms with Gasteiger partial charge >= 0.3 is 6.36 Å². The number of carbonyl (C=O) groups is 2. The van der Waals surface area contributed by atoms with Gasteiger partial charge in [0.25, 0.3) is 11.8 Å². The molecule has 2 amide bonds. The van der Waals surface area contributed by atoms with E-state index in [1.54, 1.807) is 30.3 Å². The topological polar surface area (TPSA) is 88.1 Å². The molecule has 218 valence electrons. The maximum Gasteiger partial charge on any atom is 0.573 e. The van der Waals surface area contributed by atoms with Gasteiger partial charge in [-0.05, 0) is 66.1 Å². The molecule has 2 aliphatic rings. The monoisotopic (exact) mass is 618 g/mol. The number of nitrogens with one attached hydrogen (secondary N) is 1. The lowest BCUT2D eigenvalue weighted by Crippen LogP contribution is -2.48. The van der Waals surface area contributed by atoms with E-state index in [1.165, 1.54) is 31.4 Å². The molecule has 3 aromatic carbocycles. The number of benzene rings is 3. The fraction of sp³-hybridized carbons (Fsp3) is 0.200. The number of nitrogens with zero attached hydrogens (tertiary/aromatic N) is 1. The number of fused-ring (bicyclic) bond motifs is 1. The number of ether oxygens (including phenoxy) is 2. The number of halogens is 5. The third kappa shape index (κ3) is 4.94. The van der Waals surface area contributed by atoms with Crippen LogP contribution in [0.4, 0.5) is 18.9 Å². The highest BCUT2D eigenvalue weighted by Gasteiger charge is 2.66. The van der Waals surface area contributed by atoms with Crippen molar-refractivity contribution in [3.8, 4) is 17.2 Å². The second kappa shape index (κ2) is 10.9. The summed E-state index contributed by atoms with van der Waals surface area (Å²) in [6.45, 7) is 3.85. The van der Waals surface area contributed by atoms with Crippen LogP contribution < -0.4 is 14.9 Å². The molecule has 3 atom stereocenters. The number of hydrogen-bond donors (Lipinski definition) is 2. The second-order valence-electron chi connectivity index (χ2n) is 9.71. The molecule has 0 unspecified atom stereocenters. The van der Waals surface area contributed by atoms with Crippen LogP contribution in [-0.2, 0) is 15.0 Å². The van der Waals surface area contributed by atoms with Gasteiger partial charge in [0.1, 0.15) is 17.2 Å². The lowest BCUT2D eigenvalue weighted by Gasteiger charge is -2.43. The fourth-order valence-electron chi connectivity index (χ4n) is 5.78. The van der Waals surface area contributed by atoms with E-state index >= 15 is 0 Å². The Kier molecular flexibility index (Phi) is 7.63. The minimum absolute atomic E-state index is 0.0593. The van der Waals surface area contributed by atoms with E-state index in [0.29, 0.717) is 21.9 Å². The summed E-state index contributed by atoms with van der Waals surface area (Å²) in [5.74, 6) is -4.03. The smallest absolute Gasteiger partial charge is 0.508 e. The first-order valence-electron chi connectivity index (χ1n) is 12.6. The number of anilines is 1. The zero-order valence-electron chi connectivity index (χ0n) is 21.9. The normalized spacial score (nSPS) is 22.0. The maximum absolute atomic E-state index is 14.7. The van der Waals surface area contributed by atoms with E-state index in [1.807, 2.05) is 0 Å². The number of rotatable bonds is 7. The Morgan fingerprint density at radius 1 is 1.07 bits per heavy atom. The summed E-state index contributed by atoms with van der Waals surface area (Å²) < 4.78 is 48.9. The molecule has 42 heavy (non-hydrogen) atoms. The third-order valence-electron chi connectivity index (χ3n) is 7.51. The Hall–Kier alpha value is -4.15. The van der Waals surface area contributed by atoms with Crippen LogP contribution in [0.1, 0.15) is 23.5 Å². The molecule has 0 bridgehead atoms. The molecule has 0 radical (unpaired) electrons. The van der Waals surface area contributed by atoms with Crippen molar-refractivity contribution in [2.45, 2.75) is 24.1 Å². The molecule has 12 heteroatoms. The largest absolute Gasteiger partial charge is 0.573 e. The Morgan fingerprint density at radius 3 is 2.38 bits per heavy atom. The van der Waals surface area contributed by atoms with E-state index in [4.69, 9.17) is 27.9 Å². The van der Waals surface area contributed by atoms with Crippen molar-refractivity contribution in [3.63, 3.8) is 0 Å². The number of methoxy groups -OCH3 is 1. The van der Waals surface area contributed by atoms with Gasteiger partial charge in [-0.3, -0.25) is 15.0 Å². The highest BCUT2D eigenvalue weighted by molar-refractivity contribution is 6.36. The summed E-state index contributed by atoms with van der Waals surface area (Å²) in [5.41, 5.74) is 2.03. The number of imide groups is 1. The first-order valence-corrected chi connectivity index (χ1v) is 13.3. The number of hydrazine groups is 1. The fourth-order valence-corrected chi connectivity index (χ4v) is 6.23. The minimum atomic E-state index is -5.01. The van der Waals surface area contributed by atoms with E-state index in [-0.39, 0.29) is 22.7 Å². The number of amides is 2. The molecular weight excluding hydrogens is 596 g/mol. The second-order valence-corrected chi connectivity index (χ2v) is 10.6. The molecule has 1 fully saturated rings. The van der Waals surface area contributed by atoms with E-state index in [0.717, 1.165) is 23.2 Å². The average molecular weight is 619 g/mol. The summed E-state index contributed by atoms with van der Waals surface area (Å²) in [5, 5.41) is 12.3. The number of carbonyl (C=O) groups excluding carboxylic acids is 2. The lowest BCUT2D eigenvalue weighted by molar-refractivity contribution is -0.274. The van der Waals surface area contributed by atoms with Crippen LogP contribution in [0.15, 0.2) is 85.0 Å². The Morgan fingerprint density at radius 2 is 1.76 bits per heavy atom. The molecule has 0 spiro atoms. The SMILES string of the molecule is C=CC1=CC[C@H]2C(=O)N(Nc3ccc(Cl)cc3Cl)C(=O)[C@@]2(c2ccc(OC)cc2)[C@H]1c1cc(OC(F)(F)F)ccc1O. The minimum Gasteiger partial charge on any atom is -0.508 e. The van der Waals surface area contributed by atoms with Gasteiger partial charge in [-0.25, -0.2) is 0 Å². The van der Waals surface area contributed by atoms with Gasteiger partial charge in [0.15, 0.2) is 0 Å². The average Bonchev–Trinajstić information content (AvgIpc) is 3.16. The molecule has 1 aliphatic heterocycles. The maximum atomic E-state index is 14.7. The summed E-state index contributed by atoms with van der Waals surface area (Å²) in [6.07, 6.45) is -1.77. The van der Waals surface area contributed by atoms with Crippen LogP contribution in [-0.4, -0.2) is 35.4 Å². The van der Waals surface area contributed by atoms with Crippen LogP contribution in [0.5, 0.6) is 17.2 Å². The van der Waals surface area contributed by atoms with Crippen LogP contribution in [0.25, 0.3) is 0 Å². The first-order chi connectivity index (χ1) is 19.9. The molecule has 1 saturated heterocycles. The zero-order valence-corrected chi connectivity index (χ0v) is 23.4. The summed E-state index contributed by atoms with van der Waals surface area (Å²) in [7, 11) is 1.47. The first kappa shape index (κ1) is 29.3. The van der Waals surface area contributed by atoms with Crippen LogP contribution in [0.3, 0.4) is 0 Å². The summed E-state index contributed by atoms with van der Waals surface area (Å²) >= 11 is 12.3. The van der Waals surface area contributed by atoms with Gasteiger partial charge in [0, 0.05) is 16.5 Å². The number of aromatic hydroxyl groups is 1. The number of alkyl halides is 3. The predicted octanol–water partition coefficient (Wildman–Crippen LogP) is 7.16. The van der Waals surface area contributed by atoms with Crippen molar-refractivity contribution in [1.29, 1.82) is 0 Å². The standard InChI is InChI=1S/C30H23Cl2F3N2O5/c1-3-16-4-11-22-27(39)37(36-24-12-7-18(31)14-23(24)32)28(40)29(22,17-5-8-19(41-2)9-6-17)26(16)21-15-20(10-13-25(21)38)42-30(33,34)35/h3-10,12-15,22,26,36,38H,1,11H2,2H3/t22-,26+,29+/m0/s1. The molecule has 2 N–H and O–H groups in total. The summed E-state index contributed by atoms with van der Waals surface area (Å²) in [6, 6.07) is 13.9. The molecule has 5 rings (SSSR count). The number of hydrogen-bond acceptors (Lipinski definition) is 6. The van der Waals surface area contributed by atoms with Crippen molar-refractivity contribution in [2.24, 2.45) is 5.92 Å². The molecule has 3 aromatic rings. The van der Waals surface area contributed by atoms with E-state index < -0.39 is 46.9 Å². The molecule has 0 saturated carbocycles. The number of allylic oxidation sites excluding steroid dienone is 3. The van der Waals surface area contributed by atoms with Crippen LogP contribution in [0, 0.1) is 5.92 Å². The van der Waals surface area contributed by atoms with Gasteiger partial charge < -0.3 is 14.6 Å². The van der Waals surface area contributed by atoms with Crippen LogP contribution >= 0.6 is 23.2 Å².